The maximum absolute atomic E-state index is 10.9. The van der Waals surface area contributed by atoms with Gasteiger partial charge in [0.1, 0.15) is 41.9 Å². The van der Waals surface area contributed by atoms with Gasteiger partial charge in [-0.25, -0.2) is 0 Å². The molecule has 60 heavy (non-hydrogen) atoms. The van der Waals surface area contributed by atoms with Gasteiger partial charge in [-0.3, -0.25) is 0 Å². The van der Waals surface area contributed by atoms with E-state index in [0.717, 1.165) is 45.4 Å². The molecule has 0 radical (unpaired) electrons. The summed E-state index contributed by atoms with van der Waals surface area (Å²) < 4.78 is 41.9. The minimum absolute atomic E-state index is 0.205. The number of halogens is 1. The lowest BCUT2D eigenvalue weighted by molar-refractivity contribution is -0.321. The summed E-state index contributed by atoms with van der Waals surface area (Å²) >= 11 is 7.11. The van der Waals surface area contributed by atoms with E-state index in [9.17, 15) is 5.11 Å². The van der Waals surface area contributed by atoms with Crippen LogP contribution in [0.1, 0.15) is 57.9 Å². The largest absolute Gasteiger partial charge is 0.487 e. The van der Waals surface area contributed by atoms with E-state index >= 15 is 0 Å². The molecule has 310 valence electrons. The number of aliphatic hydroxyl groups excluding tert-OH is 1. The van der Waals surface area contributed by atoms with Gasteiger partial charge >= 0.3 is 0 Å². The van der Waals surface area contributed by atoms with Crippen LogP contribution < -0.4 is 4.74 Å². The molecule has 8 rings (SSSR count). The van der Waals surface area contributed by atoms with Crippen LogP contribution in [-0.4, -0.2) is 48.8 Å². The molecule has 7 nitrogen and oxygen atoms in total. The van der Waals surface area contributed by atoms with Crippen LogP contribution in [0.15, 0.2) is 158 Å². The first-order valence-electron chi connectivity index (χ1n) is 21.0. The molecule has 0 aliphatic carbocycles. The molecule has 2 heterocycles. The molecule has 0 saturated carbocycles. The summed E-state index contributed by atoms with van der Waals surface area (Å²) in [5.74, 6) is 0.540. The van der Waals surface area contributed by atoms with Gasteiger partial charge in [0.05, 0.1) is 39.6 Å². The van der Waals surface area contributed by atoms with Gasteiger partial charge in [0, 0.05) is 17.0 Å². The molecular formula is C52H53ClO7. The van der Waals surface area contributed by atoms with Gasteiger partial charge in [-0.05, 0) is 63.9 Å². The summed E-state index contributed by atoms with van der Waals surface area (Å²) in [7, 11) is 0. The fourth-order valence-corrected chi connectivity index (χ4v) is 8.61. The predicted molar refractivity (Wildman–Crippen MR) is 234 cm³/mol. The number of ether oxygens (including phenoxy) is 6. The van der Waals surface area contributed by atoms with Crippen LogP contribution in [0.25, 0.3) is 0 Å². The molecule has 6 aromatic rings. The maximum Gasteiger partial charge on any atom is 0.130 e. The number of hydrogen-bond acceptors (Lipinski definition) is 7. The smallest absolute Gasteiger partial charge is 0.130 e. The first-order chi connectivity index (χ1) is 29.5. The van der Waals surface area contributed by atoms with Crippen molar-refractivity contribution in [1.29, 1.82) is 0 Å². The lowest BCUT2D eigenvalue weighted by Gasteiger charge is -2.55. The Bertz CT molecular complexity index is 2220. The summed E-state index contributed by atoms with van der Waals surface area (Å²) in [6.45, 7) is 3.42. The van der Waals surface area contributed by atoms with Crippen molar-refractivity contribution in [3.8, 4) is 5.75 Å². The van der Waals surface area contributed by atoms with E-state index in [1.807, 2.05) is 91.0 Å². The van der Waals surface area contributed by atoms with Crippen molar-refractivity contribution in [2.75, 3.05) is 13.2 Å². The molecule has 6 atom stereocenters. The molecule has 1 saturated heterocycles. The Labute approximate surface area is 358 Å². The molecular weight excluding hydrogens is 772 g/mol. The Morgan fingerprint density at radius 1 is 0.617 bits per heavy atom. The zero-order valence-corrected chi connectivity index (χ0v) is 34.8. The minimum Gasteiger partial charge on any atom is -0.487 e. The number of rotatable bonds is 17. The molecule has 8 heteroatoms. The lowest BCUT2D eigenvalue weighted by atomic mass is 9.74. The van der Waals surface area contributed by atoms with Crippen LogP contribution in [0.5, 0.6) is 5.75 Å². The Balaban J connectivity index is 1.25. The third kappa shape index (κ3) is 10.0. The van der Waals surface area contributed by atoms with Crippen LogP contribution in [-0.2, 0) is 68.6 Å². The van der Waals surface area contributed by atoms with E-state index in [1.54, 1.807) is 0 Å². The zero-order chi connectivity index (χ0) is 41.2. The van der Waals surface area contributed by atoms with Crippen molar-refractivity contribution in [1.82, 2.24) is 0 Å². The Morgan fingerprint density at radius 3 is 1.68 bits per heavy atom. The van der Waals surface area contributed by atoms with Gasteiger partial charge in [-0.15, -0.1) is 0 Å². The number of hydrogen-bond donors (Lipinski definition) is 1. The molecule has 6 aromatic carbocycles. The van der Waals surface area contributed by atoms with E-state index in [4.69, 9.17) is 40.0 Å². The summed E-state index contributed by atoms with van der Waals surface area (Å²) in [5, 5.41) is 11.4. The SMILES string of the molecule is CCc1ccc(Cc2cc3c(cc2Cl)OC(CO)C[C@]32OC(COCc3ccccc3)[C@@H](OCc3ccccc3)C(OCc3ccccc3)[C@H]2OCc2ccccc2)cc1. The van der Waals surface area contributed by atoms with E-state index in [0.29, 0.717) is 37.0 Å². The number of fused-ring (bicyclic) bond motifs is 2. The highest BCUT2D eigenvalue weighted by Crippen LogP contribution is 2.52. The normalized spacial score (nSPS) is 22.3. The quantitative estimate of drug-likeness (QED) is 0.0982. The number of benzene rings is 6. The molecule has 1 spiro atoms. The average Bonchev–Trinajstić information content (AvgIpc) is 3.29. The molecule has 1 fully saturated rings. The van der Waals surface area contributed by atoms with Gasteiger partial charge in [-0.2, -0.15) is 0 Å². The third-order valence-corrected chi connectivity index (χ3v) is 11.9. The molecule has 2 aliphatic heterocycles. The molecule has 0 bridgehead atoms. The highest BCUT2D eigenvalue weighted by atomic mass is 35.5. The second kappa shape index (κ2) is 20.2. The van der Waals surface area contributed by atoms with Crippen LogP contribution in [0.4, 0.5) is 0 Å². The fourth-order valence-electron chi connectivity index (χ4n) is 8.39. The van der Waals surface area contributed by atoms with Crippen molar-refractivity contribution in [3.63, 3.8) is 0 Å². The standard InChI is InChI=1S/C52H53ClO7/c1-2-37-23-25-38(26-24-37)27-43-28-45-47(29-46(43)53)59-44(31-54)30-52(45)51(58-35-42-21-13-6-14-22-42)50(57-34-41-19-11-5-12-20-41)49(56-33-40-17-9-4-10-18-40)48(60-52)36-55-32-39-15-7-3-8-16-39/h3-26,28-29,44,48-51,54H,2,27,30-36H2,1H3/t44?,48?,49-,50?,51-,52+/m1/s1. The maximum atomic E-state index is 10.9. The summed E-state index contributed by atoms with van der Waals surface area (Å²) in [6, 6.07) is 53.1. The Hall–Kier alpha value is -4.83. The minimum atomic E-state index is -1.18. The molecule has 3 unspecified atom stereocenters. The summed E-state index contributed by atoms with van der Waals surface area (Å²) in [5.41, 5.74) is 7.04. The van der Waals surface area contributed by atoms with Crippen molar-refractivity contribution in [3.05, 3.63) is 207 Å². The predicted octanol–water partition coefficient (Wildman–Crippen LogP) is 10.2. The van der Waals surface area contributed by atoms with Crippen LogP contribution in [0.2, 0.25) is 5.02 Å². The zero-order valence-electron chi connectivity index (χ0n) is 34.0. The van der Waals surface area contributed by atoms with Crippen LogP contribution in [0, 0.1) is 0 Å². The van der Waals surface area contributed by atoms with Gasteiger partial charge < -0.3 is 33.5 Å². The highest BCUT2D eigenvalue weighted by Gasteiger charge is 2.60. The molecule has 1 N–H and O–H groups in total. The summed E-state index contributed by atoms with van der Waals surface area (Å²) in [4.78, 5) is 0. The molecule has 0 amide bonds. The van der Waals surface area contributed by atoms with Crippen LogP contribution >= 0.6 is 11.6 Å². The van der Waals surface area contributed by atoms with Gasteiger partial charge in [0.15, 0.2) is 0 Å². The first-order valence-corrected chi connectivity index (χ1v) is 21.3. The molecule has 0 aromatic heterocycles. The van der Waals surface area contributed by atoms with E-state index in [-0.39, 0.29) is 26.2 Å². The van der Waals surface area contributed by atoms with Crippen molar-refractivity contribution in [2.24, 2.45) is 0 Å². The van der Waals surface area contributed by atoms with Gasteiger partial charge in [0.2, 0.25) is 0 Å². The van der Waals surface area contributed by atoms with Crippen molar-refractivity contribution in [2.45, 2.75) is 88.7 Å². The second-order valence-electron chi connectivity index (χ2n) is 15.7. The van der Waals surface area contributed by atoms with Gasteiger partial charge in [-0.1, -0.05) is 164 Å². The van der Waals surface area contributed by atoms with Crippen molar-refractivity contribution >= 4 is 11.6 Å². The monoisotopic (exact) mass is 824 g/mol. The van der Waals surface area contributed by atoms with E-state index in [2.05, 4.69) is 73.7 Å². The Morgan fingerprint density at radius 2 is 1.13 bits per heavy atom. The average molecular weight is 825 g/mol. The number of aryl methyl sites for hydroxylation is 1. The van der Waals surface area contributed by atoms with Gasteiger partial charge in [0.25, 0.3) is 0 Å². The highest BCUT2D eigenvalue weighted by molar-refractivity contribution is 6.31. The fraction of sp³-hybridized carbons (Fsp3) is 0.308. The third-order valence-electron chi connectivity index (χ3n) is 11.5. The lowest BCUT2D eigenvalue weighted by Crippen LogP contribution is -2.67. The Kier molecular flexibility index (Phi) is 14.1. The first kappa shape index (κ1) is 41.9. The van der Waals surface area contributed by atoms with E-state index in [1.165, 1.54) is 5.56 Å². The summed E-state index contributed by atoms with van der Waals surface area (Å²) in [6.07, 6.45) is -1.41. The van der Waals surface area contributed by atoms with Crippen molar-refractivity contribution < 1.29 is 33.5 Å². The number of aliphatic hydroxyl groups is 1. The van der Waals surface area contributed by atoms with E-state index < -0.39 is 36.1 Å². The molecule has 2 aliphatic rings. The second-order valence-corrected chi connectivity index (χ2v) is 16.1. The van der Waals surface area contributed by atoms with Crippen LogP contribution in [0.3, 0.4) is 0 Å². The topological polar surface area (TPSA) is 75.6 Å².